The minimum atomic E-state index is -0.450. The SMILES string of the molecule is CCC(=O)NC(=S)Nc1sc2c(c1C(N)=O)CC[C@H](C)C2. The topological polar surface area (TPSA) is 84.2 Å². The zero-order chi connectivity index (χ0) is 15.6. The molecule has 1 heterocycles. The number of primary amides is 1. The van der Waals surface area contributed by atoms with Crippen molar-refractivity contribution in [3.8, 4) is 0 Å². The second-order valence-corrected chi connectivity index (χ2v) is 6.79. The van der Waals surface area contributed by atoms with E-state index in [0.29, 0.717) is 22.9 Å². The third-order valence-corrected chi connectivity index (χ3v) is 4.93. The number of carbonyl (C=O) groups is 2. The molecule has 1 aromatic heterocycles. The highest BCUT2D eigenvalue weighted by molar-refractivity contribution is 7.80. The van der Waals surface area contributed by atoms with Crippen molar-refractivity contribution < 1.29 is 9.59 Å². The van der Waals surface area contributed by atoms with Gasteiger partial charge in [-0.25, -0.2) is 0 Å². The van der Waals surface area contributed by atoms with Gasteiger partial charge in [-0.05, 0) is 43.0 Å². The Bertz CT molecular complexity index is 595. The maximum absolute atomic E-state index is 11.8. The maximum atomic E-state index is 11.8. The monoisotopic (exact) mass is 325 g/mol. The summed E-state index contributed by atoms with van der Waals surface area (Å²) in [5.41, 5.74) is 7.08. The van der Waals surface area contributed by atoms with Crippen LogP contribution in [-0.4, -0.2) is 16.9 Å². The molecule has 5 nitrogen and oxygen atoms in total. The fraction of sp³-hybridized carbons (Fsp3) is 0.500. The Morgan fingerprint density at radius 3 is 2.81 bits per heavy atom. The predicted octanol–water partition coefficient (Wildman–Crippen LogP) is 2.19. The minimum Gasteiger partial charge on any atom is -0.365 e. The number of carbonyl (C=O) groups excluding carboxylic acids is 2. The van der Waals surface area contributed by atoms with Gasteiger partial charge in [-0.3, -0.25) is 9.59 Å². The van der Waals surface area contributed by atoms with Crippen molar-refractivity contribution in [3.63, 3.8) is 0 Å². The summed E-state index contributed by atoms with van der Waals surface area (Å²) in [6.45, 7) is 3.95. The zero-order valence-corrected chi connectivity index (χ0v) is 13.7. The van der Waals surface area contributed by atoms with Crippen molar-refractivity contribution in [3.05, 3.63) is 16.0 Å². The first-order valence-electron chi connectivity index (χ1n) is 6.97. The lowest BCUT2D eigenvalue weighted by molar-refractivity contribution is -0.119. The van der Waals surface area contributed by atoms with Crippen molar-refractivity contribution >= 4 is 45.5 Å². The van der Waals surface area contributed by atoms with Gasteiger partial charge in [0, 0.05) is 11.3 Å². The number of anilines is 1. The number of thiocarbonyl (C=S) groups is 1. The van der Waals surface area contributed by atoms with Gasteiger partial charge in [-0.15, -0.1) is 11.3 Å². The molecule has 1 aliphatic carbocycles. The van der Waals surface area contributed by atoms with E-state index in [1.807, 2.05) is 0 Å². The van der Waals surface area contributed by atoms with Crippen LogP contribution in [0.15, 0.2) is 0 Å². The first-order valence-corrected chi connectivity index (χ1v) is 8.20. The van der Waals surface area contributed by atoms with Gasteiger partial charge in [0.15, 0.2) is 5.11 Å². The molecule has 0 aliphatic heterocycles. The van der Waals surface area contributed by atoms with E-state index in [9.17, 15) is 9.59 Å². The van der Waals surface area contributed by atoms with Crippen molar-refractivity contribution in [2.24, 2.45) is 11.7 Å². The summed E-state index contributed by atoms with van der Waals surface area (Å²) < 4.78 is 0. The molecule has 4 N–H and O–H groups in total. The van der Waals surface area contributed by atoms with Crippen LogP contribution in [0, 0.1) is 5.92 Å². The predicted molar refractivity (Wildman–Crippen MR) is 88.7 cm³/mol. The number of rotatable bonds is 3. The van der Waals surface area contributed by atoms with E-state index in [1.54, 1.807) is 6.92 Å². The highest BCUT2D eigenvalue weighted by atomic mass is 32.1. The lowest BCUT2D eigenvalue weighted by Crippen LogP contribution is -2.33. The number of amides is 2. The van der Waals surface area contributed by atoms with Gasteiger partial charge in [-0.2, -0.15) is 0 Å². The Labute approximate surface area is 133 Å². The molecular weight excluding hydrogens is 306 g/mol. The van der Waals surface area contributed by atoms with Crippen molar-refractivity contribution in [1.29, 1.82) is 0 Å². The Morgan fingerprint density at radius 2 is 2.19 bits per heavy atom. The van der Waals surface area contributed by atoms with Gasteiger partial charge in [0.1, 0.15) is 5.00 Å². The standard InChI is InChI=1S/C14H19N3O2S2/c1-3-10(18)16-14(20)17-13-11(12(15)19)8-5-4-7(2)6-9(8)21-13/h7H,3-6H2,1-2H3,(H2,15,19)(H2,16,17,18,20)/t7-/m0/s1. The van der Waals surface area contributed by atoms with Crippen LogP contribution in [0.3, 0.4) is 0 Å². The zero-order valence-electron chi connectivity index (χ0n) is 12.1. The Balaban J connectivity index is 2.25. The van der Waals surface area contributed by atoms with E-state index in [4.69, 9.17) is 18.0 Å². The van der Waals surface area contributed by atoms with E-state index in [0.717, 1.165) is 24.8 Å². The average Bonchev–Trinajstić information content (AvgIpc) is 2.74. The number of hydrogen-bond donors (Lipinski definition) is 3. The van der Waals surface area contributed by atoms with Gasteiger partial charge in [-0.1, -0.05) is 13.8 Å². The number of thiophene rings is 1. The van der Waals surface area contributed by atoms with Crippen LogP contribution in [0.2, 0.25) is 0 Å². The largest absolute Gasteiger partial charge is 0.365 e. The molecule has 0 spiro atoms. The third-order valence-electron chi connectivity index (χ3n) is 3.56. The van der Waals surface area contributed by atoms with Crippen LogP contribution in [0.4, 0.5) is 5.00 Å². The first-order chi connectivity index (χ1) is 9.92. The smallest absolute Gasteiger partial charge is 0.251 e. The van der Waals surface area contributed by atoms with E-state index in [-0.39, 0.29) is 11.0 Å². The summed E-state index contributed by atoms with van der Waals surface area (Å²) in [5, 5.41) is 6.36. The molecule has 0 radical (unpaired) electrons. The summed E-state index contributed by atoms with van der Waals surface area (Å²) in [7, 11) is 0. The number of nitrogens with two attached hydrogens (primary N) is 1. The van der Waals surface area contributed by atoms with Crippen LogP contribution in [0.1, 0.15) is 47.5 Å². The molecule has 2 rings (SSSR count). The number of nitrogens with one attached hydrogen (secondary N) is 2. The molecule has 0 unspecified atom stereocenters. The van der Waals surface area contributed by atoms with Crippen molar-refractivity contribution in [2.45, 2.75) is 39.5 Å². The highest BCUT2D eigenvalue weighted by Crippen LogP contribution is 2.39. The second-order valence-electron chi connectivity index (χ2n) is 5.28. The van der Waals surface area contributed by atoms with E-state index in [1.165, 1.54) is 16.2 Å². The molecular formula is C14H19N3O2S2. The molecule has 114 valence electrons. The van der Waals surface area contributed by atoms with E-state index < -0.39 is 5.91 Å². The molecule has 1 aromatic rings. The van der Waals surface area contributed by atoms with Gasteiger partial charge in [0.05, 0.1) is 5.56 Å². The quantitative estimate of drug-likeness (QED) is 0.744. The Kier molecular flexibility index (Phi) is 4.95. The molecule has 2 amide bonds. The fourth-order valence-electron chi connectivity index (χ4n) is 2.45. The fourth-order valence-corrected chi connectivity index (χ4v) is 4.15. The molecule has 0 saturated heterocycles. The van der Waals surface area contributed by atoms with Crippen molar-refractivity contribution in [2.75, 3.05) is 5.32 Å². The molecule has 1 aliphatic rings. The van der Waals surface area contributed by atoms with E-state index in [2.05, 4.69) is 17.6 Å². The van der Waals surface area contributed by atoms with E-state index >= 15 is 0 Å². The second kappa shape index (κ2) is 6.53. The Hall–Kier alpha value is -1.47. The lowest BCUT2D eigenvalue weighted by atomic mass is 9.88. The van der Waals surface area contributed by atoms with Gasteiger partial charge >= 0.3 is 0 Å². The van der Waals surface area contributed by atoms with Crippen LogP contribution in [-0.2, 0) is 17.6 Å². The summed E-state index contributed by atoms with van der Waals surface area (Å²) in [6, 6.07) is 0. The molecule has 7 heteroatoms. The summed E-state index contributed by atoms with van der Waals surface area (Å²) in [4.78, 5) is 24.3. The highest BCUT2D eigenvalue weighted by Gasteiger charge is 2.26. The van der Waals surface area contributed by atoms with Gasteiger partial charge in [0.25, 0.3) is 5.91 Å². The summed E-state index contributed by atoms with van der Waals surface area (Å²) in [5.74, 6) is -0.00582. The van der Waals surface area contributed by atoms with Gasteiger partial charge in [0.2, 0.25) is 5.91 Å². The lowest BCUT2D eigenvalue weighted by Gasteiger charge is -2.18. The Morgan fingerprint density at radius 1 is 1.48 bits per heavy atom. The van der Waals surface area contributed by atoms with Crippen LogP contribution in [0.5, 0.6) is 0 Å². The molecule has 0 fully saturated rings. The average molecular weight is 325 g/mol. The number of hydrogen-bond acceptors (Lipinski definition) is 4. The first kappa shape index (κ1) is 15.9. The normalized spacial score (nSPS) is 17.0. The van der Waals surface area contributed by atoms with Crippen LogP contribution < -0.4 is 16.4 Å². The summed E-state index contributed by atoms with van der Waals surface area (Å²) >= 11 is 6.61. The molecule has 21 heavy (non-hydrogen) atoms. The van der Waals surface area contributed by atoms with Crippen LogP contribution >= 0.6 is 23.6 Å². The third kappa shape index (κ3) is 3.59. The molecule has 0 saturated carbocycles. The van der Waals surface area contributed by atoms with Crippen LogP contribution in [0.25, 0.3) is 0 Å². The molecule has 0 aromatic carbocycles. The minimum absolute atomic E-state index is 0.164. The maximum Gasteiger partial charge on any atom is 0.251 e. The molecule has 0 bridgehead atoms. The molecule has 1 atom stereocenters. The van der Waals surface area contributed by atoms with Gasteiger partial charge < -0.3 is 16.4 Å². The van der Waals surface area contributed by atoms with Crippen molar-refractivity contribution in [1.82, 2.24) is 5.32 Å². The summed E-state index contributed by atoms with van der Waals surface area (Å²) in [6.07, 6.45) is 3.22. The number of fused-ring (bicyclic) bond motifs is 1.